The van der Waals surface area contributed by atoms with E-state index in [4.69, 9.17) is 9.57 Å². The lowest BCUT2D eigenvalue weighted by atomic mass is 9.93. The summed E-state index contributed by atoms with van der Waals surface area (Å²) in [5.41, 5.74) is 4.44. The first-order chi connectivity index (χ1) is 13.0. The molecule has 0 saturated carbocycles. The van der Waals surface area contributed by atoms with Gasteiger partial charge in [-0.3, -0.25) is 0 Å². The molecule has 0 radical (unpaired) electrons. The molecule has 138 valence electrons. The van der Waals surface area contributed by atoms with E-state index in [0.717, 1.165) is 16.9 Å². The molecule has 0 saturated heterocycles. The number of hydrogen-bond donors (Lipinski definition) is 0. The average molecular weight is 360 g/mol. The highest BCUT2D eigenvalue weighted by Gasteiger charge is 2.40. The summed E-state index contributed by atoms with van der Waals surface area (Å²) in [4.78, 5) is 10.6. The Balaban J connectivity index is 1.77. The molecular formula is C23H24N2O2. The number of aromatic nitrogens is 1. The number of para-hydroxylation sites is 1. The van der Waals surface area contributed by atoms with Crippen molar-refractivity contribution in [3.63, 3.8) is 0 Å². The second-order valence-electron chi connectivity index (χ2n) is 7.74. The number of nitrogens with zero attached hydrogens (tertiary/aromatic N) is 2. The summed E-state index contributed by atoms with van der Waals surface area (Å²) >= 11 is 0. The largest absolute Gasteiger partial charge is 0.481 e. The monoisotopic (exact) mass is 360 g/mol. The lowest BCUT2D eigenvalue weighted by Gasteiger charge is -2.35. The van der Waals surface area contributed by atoms with Crippen LogP contribution in [0.25, 0.3) is 11.1 Å². The average Bonchev–Trinajstić information content (AvgIpc) is 3.08. The first kappa shape index (κ1) is 17.6. The van der Waals surface area contributed by atoms with Crippen molar-refractivity contribution >= 4 is 0 Å². The highest BCUT2D eigenvalue weighted by Crippen LogP contribution is 2.45. The predicted octanol–water partition coefficient (Wildman–Crippen LogP) is 5.25. The number of ether oxygens (including phenoxy) is 1. The maximum absolute atomic E-state index is 6.22. The van der Waals surface area contributed by atoms with Crippen LogP contribution in [-0.2, 0) is 0 Å². The summed E-state index contributed by atoms with van der Waals surface area (Å²) in [5.74, 6) is 1.54. The maximum atomic E-state index is 6.22. The van der Waals surface area contributed by atoms with Crippen LogP contribution < -0.4 is 9.57 Å². The van der Waals surface area contributed by atoms with E-state index >= 15 is 0 Å². The third-order valence-corrected chi connectivity index (χ3v) is 4.79. The Labute approximate surface area is 160 Å². The summed E-state index contributed by atoms with van der Waals surface area (Å²) in [6.07, 6.45) is 1.85. The lowest BCUT2D eigenvalue weighted by Crippen LogP contribution is -2.43. The van der Waals surface area contributed by atoms with Gasteiger partial charge in [0.15, 0.2) is 5.75 Å². The minimum Gasteiger partial charge on any atom is -0.481 e. The first-order valence-electron chi connectivity index (χ1n) is 9.14. The number of hydroxylamine groups is 2. The number of pyridine rings is 1. The van der Waals surface area contributed by atoms with Gasteiger partial charge in [-0.05, 0) is 50.1 Å². The molecule has 2 aromatic carbocycles. The SMILES string of the molecule is COc1ccc(-c2cccc(C3c4ccccc4ON3C(C)(C)C)c2)cn1. The van der Waals surface area contributed by atoms with Crippen molar-refractivity contribution in [3.05, 3.63) is 78.0 Å². The van der Waals surface area contributed by atoms with Crippen molar-refractivity contribution in [2.24, 2.45) is 0 Å². The Kier molecular flexibility index (Phi) is 4.36. The van der Waals surface area contributed by atoms with Crippen molar-refractivity contribution in [3.8, 4) is 22.8 Å². The van der Waals surface area contributed by atoms with Crippen molar-refractivity contribution in [1.29, 1.82) is 0 Å². The van der Waals surface area contributed by atoms with Crippen LogP contribution in [0.4, 0.5) is 0 Å². The third kappa shape index (κ3) is 3.28. The van der Waals surface area contributed by atoms with Gasteiger partial charge in [0.1, 0.15) is 6.04 Å². The minimum atomic E-state index is -0.138. The summed E-state index contributed by atoms with van der Waals surface area (Å²) < 4.78 is 5.17. The molecule has 1 aromatic heterocycles. The van der Waals surface area contributed by atoms with Gasteiger partial charge < -0.3 is 9.57 Å². The molecule has 3 aromatic rings. The number of benzene rings is 2. The van der Waals surface area contributed by atoms with E-state index in [1.54, 1.807) is 7.11 Å². The van der Waals surface area contributed by atoms with Crippen LogP contribution in [0.3, 0.4) is 0 Å². The predicted molar refractivity (Wildman–Crippen MR) is 107 cm³/mol. The Hall–Kier alpha value is -2.85. The van der Waals surface area contributed by atoms with Crippen LogP contribution in [0.5, 0.6) is 11.6 Å². The molecule has 1 atom stereocenters. The summed E-state index contributed by atoms with van der Waals surface area (Å²) in [5, 5.41) is 2.09. The van der Waals surface area contributed by atoms with E-state index in [9.17, 15) is 0 Å². The fraction of sp³-hybridized carbons (Fsp3) is 0.261. The molecule has 0 amide bonds. The molecule has 0 spiro atoms. The highest BCUT2D eigenvalue weighted by molar-refractivity contribution is 5.64. The third-order valence-electron chi connectivity index (χ3n) is 4.79. The van der Waals surface area contributed by atoms with E-state index < -0.39 is 0 Å². The zero-order chi connectivity index (χ0) is 19.0. The van der Waals surface area contributed by atoms with E-state index in [1.807, 2.05) is 30.5 Å². The molecule has 0 aliphatic carbocycles. The van der Waals surface area contributed by atoms with Gasteiger partial charge in [0.05, 0.1) is 7.11 Å². The normalized spacial score (nSPS) is 16.7. The van der Waals surface area contributed by atoms with Crippen molar-refractivity contribution in [2.45, 2.75) is 32.4 Å². The molecule has 4 heteroatoms. The standard InChI is InChI=1S/C23H24N2O2/c1-23(2,3)25-22(19-10-5-6-11-20(19)27-25)17-9-7-8-16(14-17)18-12-13-21(26-4)24-15-18/h5-15,22H,1-4H3. The smallest absolute Gasteiger partial charge is 0.212 e. The zero-order valence-electron chi connectivity index (χ0n) is 16.1. The van der Waals surface area contributed by atoms with Crippen LogP contribution in [0.15, 0.2) is 66.9 Å². The van der Waals surface area contributed by atoms with Crippen molar-refractivity contribution in [2.75, 3.05) is 7.11 Å². The van der Waals surface area contributed by atoms with Gasteiger partial charge in [-0.2, -0.15) is 0 Å². The first-order valence-corrected chi connectivity index (χ1v) is 9.14. The maximum Gasteiger partial charge on any atom is 0.212 e. The Morgan fingerprint density at radius 2 is 1.78 bits per heavy atom. The topological polar surface area (TPSA) is 34.6 Å². The van der Waals surface area contributed by atoms with Gasteiger partial charge in [0.2, 0.25) is 5.88 Å². The van der Waals surface area contributed by atoms with Gasteiger partial charge >= 0.3 is 0 Å². The van der Waals surface area contributed by atoms with Gasteiger partial charge in [0.25, 0.3) is 0 Å². The summed E-state index contributed by atoms with van der Waals surface area (Å²) in [7, 11) is 1.63. The molecule has 0 N–H and O–H groups in total. The van der Waals surface area contributed by atoms with Crippen LogP contribution in [0.1, 0.15) is 37.9 Å². The molecule has 0 fully saturated rings. The fourth-order valence-electron chi connectivity index (χ4n) is 3.47. The van der Waals surface area contributed by atoms with Crippen molar-refractivity contribution < 1.29 is 9.57 Å². The zero-order valence-corrected chi connectivity index (χ0v) is 16.1. The molecule has 1 unspecified atom stereocenters. The molecule has 0 bridgehead atoms. The molecule has 1 aliphatic heterocycles. The van der Waals surface area contributed by atoms with Gasteiger partial charge in [-0.25, -0.2) is 4.98 Å². The summed E-state index contributed by atoms with van der Waals surface area (Å²) in [6, 6.07) is 20.8. The van der Waals surface area contributed by atoms with E-state index in [0.29, 0.717) is 5.88 Å². The second-order valence-corrected chi connectivity index (χ2v) is 7.74. The molecule has 1 aliphatic rings. The van der Waals surface area contributed by atoms with E-state index in [2.05, 4.69) is 67.2 Å². The number of methoxy groups -OCH3 is 1. The van der Waals surface area contributed by atoms with Crippen molar-refractivity contribution in [1.82, 2.24) is 10.0 Å². The van der Waals surface area contributed by atoms with Gasteiger partial charge in [-0.1, -0.05) is 36.4 Å². The highest BCUT2D eigenvalue weighted by atomic mass is 16.7. The number of hydrogen-bond acceptors (Lipinski definition) is 4. The van der Waals surface area contributed by atoms with Crippen LogP contribution in [0.2, 0.25) is 0 Å². The van der Waals surface area contributed by atoms with Gasteiger partial charge in [0, 0.05) is 28.9 Å². The molecule has 4 nitrogen and oxygen atoms in total. The molecule has 27 heavy (non-hydrogen) atoms. The lowest BCUT2D eigenvalue weighted by molar-refractivity contribution is -0.128. The Morgan fingerprint density at radius 3 is 2.48 bits per heavy atom. The van der Waals surface area contributed by atoms with Crippen LogP contribution in [0, 0.1) is 0 Å². The van der Waals surface area contributed by atoms with Crippen LogP contribution >= 0.6 is 0 Å². The second kappa shape index (κ2) is 6.71. The van der Waals surface area contributed by atoms with Crippen LogP contribution in [-0.4, -0.2) is 22.7 Å². The van der Waals surface area contributed by atoms with E-state index in [-0.39, 0.29) is 11.6 Å². The number of fused-ring (bicyclic) bond motifs is 1. The molecular weight excluding hydrogens is 336 g/mol. The molecule has 2 heterocycles. The fourth-order valence-corrected chi connectivity index (χ4v) is 3.47. The van der Waals surface area contributed by atoms with Gasteiger partial charge in [-0.15, -0.1) is 5.06 Å². The molecule has 4 rings (SSSR count). The van der Waals surface area contributed by atoms with E-state index in [1.165, 1.54) is 11.1 Å². The Morgan fingerprint density at radius 1 is 0.963 bits per heavy atom. The summed E-state index contributed by atoms with van der Waals surface area (Å²) in [6.45, 7) is 6.51. The number of rotatable bonds is 3. The minimum absolute atomic E-state index is 0.0485. The Bertz CT molecular complexity index is 945. The quantitative estimate of drug-likeness (QED) is 0.638.